The van der Waals surface area contributed by atoms with Crippen LogP contribution in [0.1, 0.15) is 29.9 Å². The van der Waals surface area contributed by atoms with Crippen LogP contribution in [0.25, 0.3) is 4.96 Å². The highest BCUT2D eigenvalue weighted by Crippen LogP contribution is 2.22. The van der Waals surface area contributed by atoms with E-state index in [9.17, 15) is 4.79 Å². The van der Waals surface area contributed by atoms with Gasteiger partial charge in [0.25, 0.3) is 5.56 Å². The van der Waals surface area contributed by atoms with Crippen molar-refractivity contribution in [2.24, 2.45) is 0 Å². The maximum absolute atomic E-state index is 12.1. The average Bonchev–Trinajstić information content (AvgIpc) is 2.87. The number of benzene rings is 1. The molecule has 22 heavy (non-hydrogen) atoms. The minimum absolute atomic E-state index is 0.0362. The number of nitrogens with one attached hydrogen (secondary N) is 1. The molecule has 4 nitrogen and oxygen atoms in total. The van der Waals surface area contributed by atoms with Crippen LogP contribution in [0.4, 0.5) is 0 Å². The molecule has 6 heteroatoms. The van der Waals surface area contributed by atoms with Gasteiger partial charge < -0.3 is 5.32 Å². The second kappa shape index (κ2) is 6.20. The molecule has 3 aromatic rings. The lowest BCUT2D eigenvalue weighted by atomic mass is 10.1. The fourth-order valence-corrected chi connectivity index (χ4v) is 3.58. The molecule has 1 N–H and O–H groups in total. The van der Waals surface area contributed by atoms with Crippen molar-refractivity contribution >= 4 is 27.9 Å². The lowest BCUT2D eigenvalue weighted by molar-refractivity contribution is 0.567. The van der Waals surface area contributed by atoms with E-state index in [4.69, 9.17) is 11.6 Å². The fraction of sp³-hybridized carbons (Fsp3) is 0.250. The van der Waals surface area contributed by atoms with Gasteiger partial charge in [-0.1, -0.05) is 29.8 Å². The molecule has 3 rings (SSSR count). The van der Waals surface area contributed by atoms with E-state index in [0.29, 0.717) is 6.54 Å². The first kappa shape index (κ1) is 15.2. The third kappa shape index (κ3) is 2.92. The predicted molar refractivity (Wildman–Crippen MR) is 90.8 cm³/mol. The van der Waals surface area contributed by atoms with Crippen LogP contribution in [-0.2, 0) is 6.54 Å². The number of fused-ring (bicyclic) bond motifs is 1. The molecule has 0 fully saturated rings. The van der Waals surface area contributed by atoms with Gasteiger partial charge in [0.05, 0.1) is 5.69 Å². The molecule has 0 saturated heterocycles. The van der Waals surface area contributed by atoms with E-state index in [1.54, 1.807) is 10.5 Å². The van der Waals surface area contributed by atoms with Crippen molar-refractivity contribution in [3.05, 3.63) is 68.0 Å². The van der Waals surface area contributed by atoms with Crippen LogP contribution in [0.3, 0.4) is 0 Å². The number of hydrogen-bond acceptors (Lipinski definition) is 4. The lowest BCUT2D eigenvalue weighted by Gasteiger charge is -2.15. The van der Waals surface area contributed by atoms with Crippen molar-refractivity contribution in [1.29, 1.82) is 0 Å². The number of nitrogens with zero attached hydrogens (tertiary/aromatic N) is 2. The summed E-state index contributed by atoms with van der Waals surface area (Å²) in [6, 6.07) is 9.41. The van der Waals surface area contributed by atoms with Gasteiger partial charge >= 0.3 is 0 Å². The Balaban J connectivity index is 1.79. The standard InChI is InChI=1S/C16H16ClN3OS/c1-10-9-22-16-19-12(7-15(21)20(10)16)8-18-11(2)13-5-3-4-6-14(13)17/h3-7,9,11,18H,8H2,1-2H3/t11-/m1/s1. The van der Waals surface area contributed by atoms with E-state index in [1.807, 2.05) is 43.5 Å². The van der Waals surface area contributed by atoms with E-state index < -0.39 is 0 Å². The van der Waals surface area contributed by atoms with E-state index in [2.05, 4.69) is 10.3 Å². The van der Waals surface area contributed by atoms with Crippen LogP contribution in [-0.4, -0.2) is 9.38 Å². The van der Waals surface area contributed by atoms with E-state index in [-0.39, 0.29) is 11.6 Å². The normalized spacial score (nSPS) is 12.7. The average molecular weight is 334 g/mol. The summed E-state index contributed by atoms with van der Waals surface area (Å²) in [5, 5.41) is 6.04. The molecule has 0 amide bonds. The Labute approximate surface area is 137 Å². The summed E-state index contributed by atoms with van der Waals surface area (Å²) in [7, 11) is 0. The maximum atomic E-state index is 12.1. The summed E-state index contributed by atoms with van der Waals surface area (Å²) in [5.74, 6) is 0. The molecule has 0 aliphatic rings. The van der Waals surface area contributed by atoms with Gasteiger partial charge in [-0.15, -0.1) is 11.3 Å². The number of aryl methyl sites for hydroxylation is 1. The highest BCUT2D eigenvalue weighted by Gasteiger charge is 2.10. The first-order chi connectivity index (χ1) is 10.6. The second-order valence-corrected chi connectivity index (χ2v) is 6.45. The van der Waals surface area contributed by atoms with Crippen LogP contribution in [0.15, 0.2) is 40.5 Å². The van der Waals surface area contributed by atoms with Crippen LogP contribution < -0.4 is 10.9 Å². The summed E-state index contributed by atoms with van der Waals surface area (Å²) >= 11 is 7.68. The van der Waals surface area contributed by atoms with Crippen molar-refractivity contribution < 1.29 is 0 Å². The molecule has 0 radical (unpaired) electrons. The highest BCUT2D eigenvalue weighted by molar-refractivity contribution is 7.15. The minimum Gasteiger partial charge on any atom is -0.305 e. The van der Waals surface area contributed by atoms with Crippen molar-refractivity contribution in [2.75, 3.05) is 0 Å². The van der Waals surface area contributed by atoms with Gasteiger partial charge in [0.1, 0.15) is 0 Å². The first-order valence-electron chi connectivity index (χ1n) is 7.01. The van der Waals surface area contributed by atoms with Crippen molar-refractivity contribution in [3.63, 3.8) is 0 Å². The van der Waals surface area contributed by atoms with Crippen LogP contribution in [0, 0.1) is 6.92 Å². The molecule has 0 saturated carbocycles. The van der Waals surface area contributed by atoms with E-state index >= 15 is 0 Å². The molecule has 2 heterocycles. The quantitative estimate of drug-likeness (QED) is 0.794. The molecule has 0 aliphatic heterocycles. The van der Waals surface area contributed by atoms with Gasteiger partial charge in [0, 0.05) is 34.7 Å². The van der Waals surface area contributed by atoms with E-state index in [1.165, 1.54) is 11.3 Å². The van der Waals surface area contributed by atoms with Gasteiger partial charge in [-0.3, -0.25) is 9.20 Å². The van der Waals surface area contributed by atoms with Crippen molar-refractivity contribution in [1.82, 2.24) is 14.7 Å². The molecular weight excluding hydrogens is 318 g/mol. The van der Waals surface area contributed by atoms with Gasteiger partial charge in [-0.2, -0.15) is 0 Å². The second-order valence-electron chi connectivity index (χ2n) is 5.20. The number of rotatable bonds is 4. The van der Waals surface area contributed by atoms with Gasteiger partial charge in [-0.05, 0) is 25.5 Å². The molecule has 0 unspecified atom stereocenters. The summed E-state index contributed by atoms with van der Waals surface area (Å²) in [6.45, 7) is 4.47. The summed E-state index contributed by atoms with van der Waals surface area (Å²) in [4.78, 5) is 17.4. The van der Waals surface area contributed by atoms with Crippen LogP contribution >= 0.6 is 22.9 Å². The van der Waals surface area contributed by atoms with Crippen LogP contribution in [0.2, 0.25) is 5.02 Å². The largest absolute Gasteiger partial charge is 0.305 e. The van der Waals surface area contributed by atoms with Gasteiger partial charge in [0.15, 0.2) is 4.96 Å². The SMILES string of the molecule is Cc1csc2nc(CN[C@H](C)c3ccccc3Cl)cc(=O)n12. The smallest absolute Gasteiger partial charge is 0.259 e. The highest BCUT2D eigenvalue weighted by atomic mass is 35.5. The number of thiazole rings is 1. The Morgan fingerprint density at radius 3 is 2.95 bits per heavy atom. The zero-order valence-corrected chi connectivity index (χ0v) is 13.9. The molecular formula is C16H16ClN3OS. The Morgan fingerprint density at radius 2 is 2.18 bits per heavy atom. The first-order valence-corrected chi connectivity index (χ1v) is 8.26. The Morgan fingerprint density at radius 1 is 1.41 bits per heavy atom. The summed E-state index contributed by atoms with van der Waals surface area (Å²) in [5.41, 5.74) is 2.66. The molecule has 114 valence electrons. The number of aromatic nitrogens is 2. The zero-order chi connectivity index (χ0) is 15.7. The third-order valence-electron chi connectivity index (χ3n) is 3.59. The van der Waals surface area contributed by atoms with Crippen LogP contribution in [0.5, 0.6) is 0 Å². The van der Waals surface area contributed by atoms with Gasteiger partial charge in [0.2, 0.25) is 0 Å². The minimum atomic E-state index is -0.0362. The molecule has 0 spiro atoms. The van der Waals surface area contributed by atoms with Gasteiger partial charge in [-0.25, -0.2) is 4.98 Å². The Bertz CT molecular complexity index is 871. The third-order valence-corrected chi connectivity index (χ3v) is 4.88. The van der Waals surface area contributed by atoms with Crippen molar-refractivity contribution in [3.8, 4) is 0 Å². The predicted octanol–water partition coefficient (Wildman–Crippen LogP) is 3.57. The monoisotopic (exact) mass is 333 g/mol. The number of halogens is 1. The zero-order valence-electron chi connectivity index (χ0n) is 12.3. The molecule has 2 aromatic heterocycles. The van der Waals surface area contributed by atoms with Crippen molar-refractivity contribution in [2.45, 2.75) is 26.4 Å². The summed E-state index contributed by atoms with van der Waals surface area (Å²) < 4.78 is 1.63. The molecule has 0 aliphatic carbocycles. The fourth-order valence-electron chi connectivity index (χ4n) is 2.39. The Kier molecular flexibility index (Phi) is 4.29. The molecule has 1 aromatic carbocycles. The molecule has 0 bridgehead atoms. The number of hydrogen-bond donors (Lipinski definition) is 1. The molecule has 1 atom stereocenters. The summed E-state index contributed by atoms with van der Waals surface area (Å²) in [6.07, 6.45) is 0. The lowest BCUT2D eigenvalue weighted by Crippen LogP contribution is -2.22. The topological polar surface area (TPSA) is 46.4 Å². The Hall–Kier alpha value is -1.69. The van der Waals surface area contributed by atoms with E-state index in [0.717, 1.165) is 26.9 Å². The maximum Gasteiger partial charge on any atom is 0.259 e.